The third-order valence-corrected chi connectivity index (χ3v) is 4.47. The van der Waals surface area contributed by atoms with Crippen molar-refractivity contribution in [3.63, 3.8) is 0 Å². The second-order valence-electron chi connectivity index (χ2n) is 6.85. The number of benzene rings is 1. The predicted octanol–water partition coefficient (Wildman–Crippen LogP) is 4.41. The van der Waals surface area contributed by atoms with E-state index in [1.54, 1.807) is 18.3 Å². The molecule has 0 unspecified atom stereocenters. The van der Waals surface area contributed by atoms with Gasteiger partial charge in [-0.05, 0) is 56.5 Å². The molecule has 0 aliphatic carbocycles. The van der Waals surface area contributed by atoms with Gasteiger partial charge in [0.25, 0.3) is 5.56 Å². The molecule has 136 valence electrons. The molecule has 0 aliphatic heterocycles. The number of rotatable bonds is 7. The number of hydrogen-bond acceptors (Lipinski definition) is 3. The summed E-state index contributed by atoms with van der Waals surface area (Å²) in [5.41, 5.74) is 3.86. The largest absolute Gasteiger partial charge is 0.268 e. The number of hydrogen-bond donors (Lipinski definition) is 0. The van der Waals surface area contributed by atoms with E-state index in [0.29, 0.717) is 0 Å². The van der Waals surface area contributed by atoms with Crippen LogP contribution in [0.15, 0.2) is 53.5 Å². The van der Waals surface area contributed by atoms with Crippen LogP contribution >= 0.6 is 0 Å². The molecule has 0 saturated heterocycles. The van der Waals surface area contributed by atoms with E-state index in [1.165, 1.54) is 29.5 Å². The van der Waals surface area contributed by atoms with Gasteiger partial charge in [0.15, 0.2) is 0 Å². The van der Waals surface area contributed by atoms with Gasteiger partial charge in [-0.15, -0.1) is 0 Å². The number of nitrogens with zero attached hydrogens (tertiary/aromatic N) is 4. The van der Waals surface area contributed by atoms with Crippen LogP contribution in [0.2, 0.25) is 0 Å². The van der Waals surface area contributed by atoms with E-state index in [1.807, 2.05) is 24.6 Å². The average molecular weight is 350 g/mol. The van der Waals surface area contributed by atoms with Crippen molar-refractivity contribution < 1.29 is 0 Å². The molecule has 0 bridgehead atoms. The minimum absolute atomic E-state index is 0.0150. The molecule has 5 heteroatoms. The molecule has 0 saturated carbocycles. The van der Waals surface area contributed by atoms with E-state index in [-0.39, 0.29) is 11.6 Å². The van der Waals surface area contributed by atoms with Gasteiger partial charge in [-0.25, -0.2) is 9.36 Å². The molecule has 0 radical (unpaired) electrons. The third kappa shape index (κ3) is 3.93. The Morgan fingerprint density at radius 2 is 1.77 bits per heavy atom. The highest BCUT2D eigenvalue weighted by molar-refractivity contribution is 5.57. The van der Waals surface area contributed by atoms with Gasteiger partial charge in [-0.1, -0.05) is 31.9 Å². The average Bonchev–Trinajstić information content (AvgIpc) is 3.12. The first-order valence-corrected chi connectivity index (χ1v) is 9.33. The molecule has 0 spiro atoms. The fourth-order valence-corrected chi connectivity index (χ4v) is 3.02. The van der Waals surface area contributed by atoms with Crippen molar-refractivity contribution in [2.75, 3.05) is 0 Å². The van der Waals surface area contributed by atoms with Gasteiger partial charge in [0, 0.05) is 6.07 Å². The van der Waals surface area contributed by atoms with Crippen molar-refractivity contribution in [2.45, 2.75) is 52.5 Å². The molecular formula is C21H26N4O. The van der Waals surface area contributed by atoms with Crippen LogP contribution in [-0.2, 0) is 6.42 Å². The SMILES string of the molecule is CCCCCc1ccc(-n2nccc2-c2ccc(=O)n(C(C)C)n2)cc1. The molecule has 0 N–H and O–H groups in total. The molecule has 1 aromatic carbocycles. The van der Waals surface area contributed by atoms with Crippen molar-refractivity contribution in [1.82, 2.24) is 19.6 Å². The van der Waals surface area contributed by atoms with E-state index in [4.69, 9.17) is 0 Å². The zero-order chi connectivity index (χ0) is 18.5. The number of aryl methyl sites for hydroxylation is 1. The Hall–Kier alpha value is -2.69. The maximum Gasteiger partial charge on any atom is 0.267 e. The lowest BCUT2D eigenvalue weighted by Gasteiger charge is -2.12. The van der Waals surface area contributed by atoms with Gasteiger partial charge >= 0.3 is 0 Å². The Morgan fingerprint density at radius 3 is 2.46 bits per heavy atom. The zero-order valence-corrected chi connectivity index (χ0v) is 15.7. The van der Waals surface area contributed by atoms with Crippen LogP contribution in [0.4, 0.5) is 0 Å². The van der Waals surface area contributed by atoms with Gasteiger partial charge in [0.1, 0.15) is 5.69 Å². The van der Waals surface area contributed by atoms with Crippen LogP contribution in [0.5, 0.6) is 0 Å². The van der Waals surface area contributed by atoms with Crippen LogP contribution in [0, 0.1) is 0 Å². The highest BCUT2D eigenvalue weighted by Gasteiger charge is 2.11. The summed E-state index contributed by atoms with van der Waals surface area (Å²) in [5.74, 6) is 0. The standard InChI is InChI=1S/C21H26N4O/c1-4-5-6-7-17-8-10-18(11-9-17)25-20(14-15-22-25)19-12-13-21(26)24(23-19)16(2)3/h8-16H,4-7H2,1-3H3. The van der Waals surface area contributed by atoms with E-state index in [0.717, 1.165) is 23.5 Å². The lowest BCUT2D eigenvalue weighted by Crippen LogP contribution is -2.24. The minimum atomic E-state index is -0.0914. The molecule has 0 fully saturated rings. The second kappa shape index (κ2) is 8.13. The van der Waals surface area contributed by atoms with Crippen LogP contribution in [0.25, 0.3) is 17.1 Å². The van der Waals surface area contributed by atoms with Gasteiger partial charge in [-0.3, -0.25) is 4.79 Å². The second-order valence-corrected chi connectivity index (χ2v) is 6.85. The van der Waals surface area contributed by atoms with Gasteiger partial charge in [0.05, 0.1) is 23.6 Å². The van der Waals surface area contributed by atoms with Crippen LogP contribution in [-0.4, -0.2) is 19.6 Å². The first-order valence-electron chi connectivity index (χ1n) is 9.33. The van der Waals surface area contributed by atoms with Crippen molar-refractivity contribution in [3.05, 3.63) is 64.6 Å². The molecule has 5 nitrogen and oxygen atoms in total. The van der Waals surface area contributed by atoms with Crippen molar-refractivity contribution >= 4 is 0 Å². The van der Waals surface area contributed by atoms with Crippen molar-refractivity contribution in [1.29, 1.82) is 0 Å². The summed E-state index contributed by atoms with van der Waals surface area (Å²) >= 11 is 0. The van der Waals surface area contributed by atoms with Crippen molar-refractivity contribution in [3.8, 4) is 17.1 Å². The Labute approximate surface area is 154 Å². The smallest absolute Gasteiger partial charge is 0.267 e. The van der Waals surface area contributed by atoms with E-state index >= 15 is 0 Å². The first kappa shape index (κ1) is 18.1. The molecule has 2 heterocycles. The summed E-state index contributed by atoms with van der Waals surface area (Å²) < 4.78 is 3.37. The molecule has 26 heavy (non-hydrogen) atoms. The first-order chi connectivity index (χ1) is 12.6. The Balaban J connectivity index is 1.89. The molecule has 0 aliphatic rings. The Morgan fingerprint density at radius 1 is 1.00 bits per heavy atom. The van der Waals surface area contributed by atoms with E-state index < -0.39 is 0 Å². The number of unbranched alkanes of at least 4 members (excludes halogenated alkanes) is 2. The van der Waals surface area contributed by atoms with Crippen molar-refractivity contribution in [2.24, 2.45) is 0 Å². The van der Waals surface area contributed by atoms with Gasteiger partial charge in [-0.2, -0.15) is 10.2 Å². The number of aromatic nitrogens is 4. The molecule has 0 amide bonds. The topological polar surface area (TPSA) is 52.7 Å². The van der Waals surface area contributed by atoms with Crippen LogP contribution < -0.4 is 5.56 Å². The predicted molar refractivity (Wildman–Crippen MR) is 105 cm³/mol. The van der Waals surface area contributed by atoms with Crippen LogP contribution in [0.1, 0.15) is 51.6 Å². The summed E-state index contributed by atoms with van der Waals surface area (Å²) in [6.07, 6.45) is 6.60. The summed E-state index contributed by atoms with van der Waals surface area (Å²) in [6, 6.07) is 13.8. The molecule has 2 aromatic heterocycles. The highest BCUT2D eigenvalue weighted by atomic mass is 16.1. The van der Waals surface area contributed by atoms with Crippen LogP contribution in [0.3, 0.4) is 0 Å². The Bertz CT molecular complexity index is 906. The monoisotopic (exact) mass is 350 g/mol. The molecule has 3 rings (SSSR count). The normalized spacial score (nSPS) is 11.2. The summed E-state index contributed by atoms with van der Waals surface area (Å²) in [7, 11) is 0. The Kier molecular flexibility index (Phi) is 5.66. The van der Waals surface area contributed by atoms with Gasteiger partial charge < -0.3 is 0 Å². The lowest BCUT2D eigenvalue weighted by atomic mass is 10.1. The molecular weight excluding hydrogens is 324 g/mol. The fraction of sp³-hybridized carbons (Fsp3) is 0.381. The minimum Gasteiger partial charge on any atom is -0.268 e. The highest BCUT2D eigenvalue weighted by Crippen LogP contribution is 2.21. The third-order valence-electron chi connectivity index (χ3n) is 4.47. The van der Waals surface area contributed by atoms with E-state index in [9.17, 15) is 4.79 Å². The summed E-state index contributed by atoms with van der Waals surface area (Å²) in [6.45, 7) is 6.12. The molecule has 3 aromatic rings. The molecule has 0 atom stereocenters. The quantitative estimate of drug-likeness (QED) is 0.593. The van der Waals surface area contributed by atoms with E-state index in [2.05, 4.69) is 41.4 Å². The zero-order valence-electron chi connectivity index (χ0n) is 15.7. The maximum absolute atomic E-state index is 12.0. The summed E-state index contributed by atoms with van der Waals surface area (Å²) in [5, 5.41) is 8.97. The summed E-state index contributed by atoms with van der Waals surface area (Å²) in [4.78, 5) is 12.0. The fourth-order valence-electron chi connectivity index (χ4n) is 3.02. The maximum atomic E-state index is 12.0. The lowest BCUT2D eigenvalue weighted by molar-refractivity contribution is 0.504. The van der Waals surface area contributed by atoms with Gasteiger partial charge in [0.2, 0.25) is 0 Å².